The Kier molecular flexibility index (Phi) is 4.30. The summed E-state index contributed by atoms with van der Waals surface area (Å²) >= 11 is 0. The zero-order valence-corrected chi connectivity index (χ0v) is 13.0. The molecule has 1 aliphatic heterocycles. The van der Waals surface area contributed by atoms with Crippen LogP contribution >= 0.6 is 0 Å². The number of hydrogen-bond acceptors (Lipinski definition) is 6. The summed E-state index contributed by atoms with van der Waals surface area (Å²) in [7, 11) is 0. The van der Waals surface area contributed by atoms with E-state index in [2.05, 4.69) is 10.3 Å². The highest BCUT2D eigenvalue weighted by Gasteiger charge is 2.38. The summed E-state index contributed by atoms with van der Waals surface area (Å²) in [5.41, 5.74) is 5.67. The molecule has 1 amide bonds. The summed E-state index contributed by atoms with van der Waals surface area (Å²) in [6.07, 6.45) is 2.58. The number of carbonyl (C=O) groups is 1. The van der Waals surface area contributed by atoms with E-state index >= 15 is 0 Å². The van der Waals surface area contributed by atoms with E-state index < -0.39 is 16.2 Å². The minimum absolute atomic E-state index is 0.0488. The van der Waals surface area contributed by atoms with Gasteiger partial charge in [0, 0.05) is 26.0 Å². The third kappa shape index (κ3) is 2.88. The molecule has 0 aliphatic carbocycles. The molecule has 0 radical (unpaired) electrons. The molecule has 3 rings (SSSR count). The van der Waals surface area contributed by atoms with Crippen molar-refractivity contribution >= 4 is 28.2 Å². The first-order valence-corrected chi connectivity index (χ1v) is 7.67. The summed E-state index contributed by atoms with van der Waals surface area (Å²) in [6, 6.07) is 6.64. The Morgan fingerprint density at radius 1 is 1.38 bits per heavy atom. The number of aromatic nitrogens is 1. The summed E-state index contributed by atoms with van der Waals surface area (Å²) < 4.78 is 5.29. The number of rotatable bonds is 5. The number of hydrogen-bond donors (Lipinski definition) is 2. The lowest BCUT2D eigenvalue weighted by Gasteiger charge is -2.34. The number of nitrogens with zero attached hydrogens (tertiary/aromatic N) is 2. The molecule has 0 spiro atoms. The van der Waals surface area contributed by atoms with Crippen LogP contribution in [0.5, 0.6) is 0 Å². The van der Waals surface area contributed by atoms with E-state index in [0.717, 1.165) is 0 Å². The predicted molar refractivity (Wildman–Crippen MR) is 88.6 cm³/mol. The van der Waals surface area contributed by atoms with Crippen molar-refractivity contribution in [1.29, 1.82) is 0 Å². The van der Waals surface area contributed by atoms with Crippen molar-refractivity contribution in [3.8, 4) is 0 Å². The van der Waals surface area contributed by atoms with Crippen molar-refractivity contribution in [2.75, 3.05) is 25.1 Å². The molecule has 8 heteroatoms. The van der Waals surface area contributed by atoms with E-state index in [-0.39, 0.29) is 12.2 Å². The topological polar surface area (TPSA) is 120 Å². The zero-order chi connectivity index (χ0) is 17.2. The van der Waals surface area contributed by atoms with Crippen molar-refractivity contribution in [3.63, 3.8) is 0 Å². The second-order valence-electron chi connectivity index (χ2n) is 5.90. The minimum atomic E-state index is -0.754. The number of benzene rings is 1. The number of ether oxygens (including phenoxy) is 1. The Labute approximate surface area is 138 Å². The van der Waals surface area contributed by atoms with Gasteiger partial charge in [0.05, 0.1) is 21.2 Å². The highest BCUT2D eigenvalue weighted by atomic mass is 16.6. The van der Waals surface area contributed by atoms with Gasteiger partial charge in [-0.25, -0.2) is 0 Å². The molecule has 0 bridgehead atoms. The van der Waals surface area contributed by atoms with E-state index in [9.17, 15) is 14.9 Å². The number of amides is 1. The molecule has 3 N–H and O–H groups in total. The molecule has 126 valence electrons. The molecule has 0 atom stereocenters. The van der Waals surface area contributed by atoms with Crippen LogP contribution in [0.25, 0.3) is 10.9 Å². The normalized spacial score (nSPS) is 16.7. The average Bonchev–Trinajstić information content (AvgIpc) is 2.59. The fourth-order valence-corrected chi connectivity index (χ4v) is 3.01. The fraction of sp³-hybridized carbons (Fsp3) is 0.375. The Morgan fingerprint density at radius 3 is 2.79 bits per heavy atom. The Morgan fingerprint density at radius 2 is 2.12 bits per heavy atom. The van der Waals surface area contributed by atoms with Gasteiger partial charge in [-0.2, -0.15) is 0 Å². The predicted octanol–water partition coefficient (Wildman–Crippen LogP) is 1.84. The molecule has 0 unspecified atom stereocenters. The van der Waals surface area contributed by atoms with Crippen LogP contribution in [0, 0.1) is 15.5 Å². The molecular weight excluding hydrogens is 312 g/mol. The number of nitrogens with two attached hydrogens (primary N) is 1. The van der Waals surface area contributed by atoms with Crippen LogP contribution in [0.15, 0.2) is 30.5 Å². The van der Waals surface area contributed by atoms with E-state index in [0.29, 0.717) is 42.6 Å². The van der Waals surface area contributed by atoms with Gasteiger partial charge in [0.15, 0.2) is 0 Å². The van der Waals surface area contributed by atoms with Gasteiger partial charge in [-0.05, 0) is 37.1 Å². The van der Waals surface area contributed by atoms with Crippen molar-refractivity contribution < 1.29 is 14.5 Å². The van der Waals surface area contributed by atoms with E-state index in [4.69, 9.17) is 10.5 Å². The van der Waals surface area contributed by atoms with Crippen LogP contribution in [0.2, 0.25) is 0 Å². The van der Waals surface area contributed by atoms with E-state index in [1.165, 1.54) is 0 Å². The molecule has 1 fully saturated rings. The van der Waals surface area contributed by atoms with E-state index in [1.54, 1.807) is 30.5 Å². The highest BCUT2D eigenvalue weighted by molar-refractivity contribution is 5.94. The highest BCUT2D eigenvalue weighted by Crippen LogP contribution is 2.35. The maximum absolute atomic E-state index is 11.9. The third-order valence-corrected chi connectivity index (χ3v) is 4.53. The Bertz CT molecular complexity index is 787. The van der Waals surface area contributed by atoms with Crippen LogP contribution in [0.1, 0.15) is 12.8 Å². The molecule has 2 heterocycles. The summed E-state index contributed by atoms with van der Waals surface area (Å²) in [5, 5.41) is 15.0. The summed E-state index contributed by atoms with van der Waals surface area (Å²) in [4.78, 5) is 27.1. The number of anilines is 1. The van der Waals surface area contributed by atoms with Gasteiger partial charge in [0.2, 0.25) is 5.91 Å². The fourth-order valence-electron chi connectivity index (χ4n) is 3.01. The lowest BCUT2D eigenvalue weighted by atomic mass is 9.79. The largest absolute Gasteiger partial charge is 0.381 e. The van der Waals surface area contributed by atoms with Gasteiger partial charge in [0.1, 0.15) is 5.69 Å². The standard InChI is InChI=1S/C16H18N4O4/c17-15(21)16(5-8-24-9-6-16)10-19-13-4-3-12-11(2-1-7-18-12)14(13)20(22)23/h1-4,7,19H,5-6,8-10H2,(H2,17,21). The lowest BCUT2D eigenvalue weighted by molar-refractivity contribution is -0.382. The van der Waals surface area contributed by atoms with Crippen molar-refractivity contribution in [3.05, 3.63) is 40.6 Å². The summed E-state index contributed by atoms with van der Waals surface area (Å²) in [5.74, 6) is -0.414. The van der Waals surface area contributed by atoms with E-state index in [1.807, 2.05) is 0 Å². The smallest absolute Gasteiger partial charge is 0.301 e. The van der Waals surface area contributed by atoms with Gasteiger partial charge in [0.25, 0.3) is 0 Å². The first kappa shape index (κ1) is 16.1. The van der Waals surface area contributed by atoms with Crippen LogP contribution in [0.4, 0.5) is 11.4 Å². The SMILES string of the molecule is NC(=O)C1(CNc2ccc3ncccc3c2[N+](=O)[O-])CCOCC1. The molecule has 24 heavy (non-hydrogen) atoms. The first-order chi connectivity index (χ1) is 11.5. The second-order valence-corrected chi connectivity index (χ2v) is 5.90. The zero-order valence-electron chi connectivity index (χ0n) is 13.0. The first-order valence-electron chi connectivity index (χ1n) is 7.67. The van der Waals surface area contributed by atoms with Gasteiger partial charge in [-0.3, -0.25) is 19.9 Å². The second kappa shape index (κ2) is 6.40. The maximum atomic E-state index is 11.9. The van der Waals surface area contributed by atoms with Crippen molar-refractivity contribution in [2.45, 2.75) is 12.8 Å². The van der Waals surface area contributed by atoms with Crippen LogP contribution in [0.3, 0.4) is 0 Å². The monoisotopic (exact) mass is 330 g/mol. The number of pyridine rings is 1. The van der Waals surface area contributed by atoms with Crippen LogP contribution in [-0.2, 0) is 9.53 Å². The molecule has 1 aliphatic rings. The number of fused-ring (bicyclic) bond motifs is 1. The number of nitro groups is 1. The minimum Gasteiger partial charge on any atom is -0.381 e. The molecule has 1 saturated heterocycles. The Hall–Kier alpha value is -2.74. The maximum Gasteiger partial charge on any atom is 0.301 e. The number of carbonyl (C=O) groups excluding carboxylic acids is 1. The van der Waals surface area contributed by atoms with Crippen molar-refractivity contribution in [2.24, 2.45) is 11.1 Å². The number of nitro benzene ring substituents is 1. The molecule has 1 aromatic carbocycles. The lowest BCUT2D eigenvalue weighted by Crippen LogP contribution is -2.46. The molecule has 8 nitrogen and oxygen atoms in total. The third-order valence-electron chi connectivity index (χ3n) is 4.53. The van der Waals surface area contributed by atoms with Crippen LogP contribution in [-0.4, -0.2) is 35.6 Å². The van der Waals surface area contributed by atoms with Gasteiger partial charge in [-0.15, -0.1) is 0 Å². The molecule has 1 aromatic heterocycles. The average molecular weight is 330 g/mol. The molecular formula is C16H18N4O4. The summed E-state index contributed by atoms with van der Waals surface area (Å²) in [6.45, 7) is 1.14. The van der Waals surface area contributed by atoms with Gasteiger partial charge >= 0.3 is 5.69 Å². The number of primary amides is 1. The van der Waals surface area contributed by atoms with Crippen molar-refractivity contribution in [1.82, 2.24) is 4.98 Å². The molecule has 0 saturated carbocycles. The molecule has 2 aromatic rings. The van der Waals surface area contributed by atoms with Gasteiger partial charge in [-0.1, -0.05) is 0 Å². The van der Waals surface area contributed by atoms with Crippen LogP contribution < -0.4 is 11.1 Å². The Balaban J connectivity index is 1.93. The quantitative estimate of drug-likeness (QED) is 0.637. The van der Waals surface area contributed by atoms with Gasteiger partial charge < -0.3 is 15.8 Å². The number of nitrogens with one attached hydrogen (secondary N) is 1.